The molecule has 2 heteroatoms. The van der Waals surface area contributed by atoms with Crippen LogP contribution in [0.2, 0.25) is 0 Å². The van der Waals surface area contributed by atoms with Crippen LogP contribution in [-0.2, 0) is 6.42 Å². The molecule has 0 bridgehead atoms. The lowest BCUT2D eigenvalue weighted by atomic mass is 10.0. The lowest BCUT2D eigenvalue weighted by Gasteiger charge is -2.02. The van der Waals surface area contributed by atoms with Crippen LogP contribution in [0, 0.1) is 0 Å². The quantitative estimate of drug-likeness (QED) is 0.657. The van der Waals surface area contributed by atoms with Gasteiger partial charge in [0.2, 0.25) is 0 Å². The molecule has 0 radical (unpaired) electrons. The van der Waals surface area contributed by atoms with E-state index in [0.717, 1.165) is 5.75 Å². The molecule has 1 aromatic heterocycles. The van der Waals surface area contributed by atoms with Crippen LogP contribution in [0.1, 0.15) is 51.0 Å². The fourth-order valence-electron chi connectivity index (χ4n) is 2.59. The number of rotatable bonds is 8. The molecule has 0 amide bonds. The monoisotopic (exact) mass is 259 g/mol. The molecule has 0 spiro atoms. The topological polar surface area (TPSA) is 25.0 Å². The van der Waals surface area contributed by atoms with E-state index in [1.165, 1.54) is 61.4 Å². The second-order valence-electron chi connectivity index (χ2n) is 5.24. The van der Waals surface area contributed by atoms with E-state index in [-0.39, 0.29) is 0 Å². The van der Waals surface area contributed by atoms with Crippen LogP contribution in [0.3, 0.4) is 0 Å². The number of hydrogen-bond donors (Lipinski definition) is 1. The summed E-state index contributed by atoms with van der Waals surface area (Å²) in [5.41, 5.74) is 2.63. The van der Waals surface area contributed by atoms with Crippen LogP contribution in [0.5, 0.6) is 5.75 Å². The number of hydrogen-bond acceptors (Lipinski definition) is 1. The molecule has 2 aromatic rings. The molecular weight excluding hydrogens is 234 g/mol. The van der Waals surface area contributed by atoms with Crippen LogP contribution in [-0.4, -0.2) is 12.1 Å². The van der Waals surface area contributed by atoms with Crippen LogP contribution in [0.15, 0.2) is 24.4 Å². The van der Waals surface area contributed by atoms with Crippen LogP contribution < -0.4 is 4.74 Å². The van der Waals surface area contributed by atoms with Crippen LogP contribution in [0.4, 0.5) is 0 Å². The predicted octanol–water partition coefficient (Wildman–Crippen LogP) is 5.08. The molecule has 1 heterocycles. The highest BCUT2D eigenvalue weighted by Crippen LogP contribution is 2.25. The molecule has 0 aliphatic carbocycles. The molecule has 0 saturated heterocycles. The molecule has 1 aromatic carbocycles. The summed E-state index contributed by atoms with van der Waals surface area (Å²) < 4.78 is 5.30. The maximum absolute atomic E-state index is 5.30. The van der Waals surface area contributed by atoms with Crippen molar-refractivity contribution in [3.63, 3.8) is 0 Å². The highest BCUT2D eigenvalue weighted by atomic mass is 16.5. The van der Waals surface area contributed by atoms with Crippen molar-refractivity contribution < 1.29 is 4.74 Å². The van der Waals surface area contributed by atoms with Crippen molar-refractivity contribution in [2.45, 2.75) is 51.9 Å². The van der Waals surface area contributed by atoms with Gasteiger partial charge in [-0.1, -0.05) is 39.0 Å². The number of benzene rings is 1. The van der Waals surface area contributed by atoms with Gasteiger partial charge in [0.1, 0.15) is 5.75 Å². The van der Waals surface area contributed by atoms with Gasteiger partial charge in [0, 0.05) is 17.1 Å². The zero-order valence-electron chi connectivity index (χ0n) is 12.2. The number of methoxy groups -OCH3 is 1. The van der Waals surface area contributed by atoms with E-state index in [2.05, 4.69) is 30.2 Å². The van der Waals surface area contributed by atoms with E-state index in [9.17, 15) is 0 Å². The number of unbranched alkanes of at least 4 members (excludes halogenated alkanes) is 5. The molecule has 0 saturated carbocycles. The largest absolute Gasteiger partial charge is 0.497 e. The normalized spacial score (nSPS) is 11.1. The Morgan fingerprint density at radius 1 is 1.05 bits per heavy atom. The minimum Gasteiger partial charge on any atom is -0.497 e. The first-order valence-electron chi connectivity index (χ1n) is 7.49. The molecule has 0 atom stereocenters. The van der Waals surface area contributed by atoms with Crippen molar-refractivity contribution >= 4 is 10.9 Å². The Morgan fingerprint density at radius 3 is 2.63 bits per heavy atom. The van der Waals surface area contributed by atoms with Gasteiger partial charge in [0.15, 0.2) is 0 Å². The standard InChI is InChI=1S/C17H25NO/c1-3-4-5-6-7-8-9-14-13-18-17-11-10-15(19-2)12-16(14)17/h10-13,18H,3-9H2,1-2H3. The highest BCUT2D eigenvalue weighted by molar-refractivity contribution is 5.84. The average molecular weight is 259 g/mol. The molecule has 2 rings (SSSR count). The van der Waals surface area contributed by atoms with Gasteiger partial charge >= 0.3 is 0 Å². The zero-order chi connectivity index (χ0) is 13.5. The summed E-state index contributed by atoms with van der Waals surface area (Å²) in [6.07, 6.45) is 11.4. The Morgan fingerprint density at radius 2 is 1.84 bits per heavy atom. The van der Waals surface area contributed by atoms with Gasteiger partial charge in [-0.05, 0) is 36.6 Å². The number of fused-ring (bicyclic) bond motifs is 1. The lowest BCUT2D eigenvalue weighted by molar-refractivity contribution is 0.415. The van der Waals surface area contributed by atoms with E-state index in [1.54, 1.807) is 7.11 Å². The van der Waals surface area contributed by atoms with Gasteiger partial charge in [0.05, 0.1) is 7.11 Å². The third-order valence-electron chi connectivity index (χ3n) is 3.77. The van der Waals surface area contributed by atoms with E-state index < -0.39 is 0 Å². The summed E-state index contributed by atoms with van der Waals surface area (Å²) in [5.74, 6) is 0.941. The minimum absolute atomic E-state index is 0.941. The smallest absolute Gasteiger partial charge is 0.119 e. The van der Waals surface area contributed by atoms with Gasteiger partial charge in [-0.25, -0.2) is 0 Å². The molecule has 1 N–H and O–H groups in total. The summed E-state index contributed by atoms with van der Waals surface area (Å²) in [7, 11) is 1.72. The summed E-state index contributed by atoms with van der Waals surface area (Å²) in [4.78, 5) is 3.35. The number of nitrogens with one attached hydrogen (secondary N) is 1. The van der Waals surface area contributed by atoms with E-state index in [0.29, 0.717) is 0 Å². The molecule has 0 unspecified atom stereocenters. The van der Waals surface area contributed by atoms with E-state index in [1.807, 2.05) is 6.07 Å². The van der Waals surface area contributed by atoms with Gasteiger partial charge in [-0.15, -0.1) is 0 Å². The van der Waals surface area contributed by atoms with Gasteiger partial charge < -0.3 is 9.72 Å². The first kappa shape index (κ1) is 14.0. The van der Waals surface area contributed by atoms with Crippen molar-refractivity contribution in [2.75, 3.05) is 7.11 Å². The Labute approximate surface area is 116 Å². The number of aromatic amines is 1. The predicted molar refractivity (Wildman–Crippen MR) is 81.9 cm³/mol. The van der Waals surface area contributed by atoms with Gasteiger partial charge in [0.25, 0.3) is 0 Å². The molecule has 0 aliphatic heterocycles. The van der Waals surface area contributed by atoms with E-state index >= 15 is 0 Å². The minimum atomic E-state index is 0.941. The number of aryl methyl sites for hydroxylation is 1. The summed E-state index contributed by atoms with van der Waals surface area (Å²) in [6.45, 7) is 2.26. The maximum atomic E-state index is 5.30. The average Bonchev–Trinajstić information content (AvgIpc) is 2.85. The van der Waals surface area contributed by atoms with E-state index in [4.69, 9.17) is 4.74 Å². The fourth-order valence-corrected chi connectivity index (χ4v) is 2.59. The molecule has 0 fully saturated rings. The SMILES string of the molecule is CCCCCCCCc1c[nH]c2ccc(OC)cc12. The highest BCUT2D eigenvalue weighted by Gasteiger charge is 2.04. The summed E-state index contributed by atoms with van der Waals surface area (Å²) in [5, 5.41) is 1.31. The Kier molecular flexibility index (Phi) is 5.31. The third-order valence-corrected chi connectivity index (χ3v) is 3.77. The Hall–Kier alpha value is -1.44. The maximum Gasteiger partial charge on any atom is 0.119 e. The second kappa shape index (κ2) is 7.22. The van der Waals surface area contributed by atoms with Crippen molar-refractivity contribution in [3.05, 3.63) is 30.0 Å². The first-order valence-corrected chi connectivity index (χ1v) is 7.49. The third kappa shape index (κ3) is 3.76. The fraction of sp³-hybridized carbons (Fsp3) is 0.529. The molecule has 0 aliphatic rings. The van der Waals surface area contributed by atoms with Gasteiger partial charge in [-0.2, -0.15) is 0 Å². The number of ether oxygens (including phenoxy) is 1. The van der Waals surface area contributed by atoms with Crippen molar-refractivity contribution in [1.29, 1.82) is 0 Å². The van der Waals surface area contributed by atoms with Crippen molar-refractivity contribution in [2.24, 2.45) is 0 Å². The molecular formula is C17H25NO. The summed E-state index contributed by atoms with van der Waals surface area (Å²) in [6, 6.07) is 6.24. The van der Waals surface area contributed by atoms with Crippen LogP contribution >= 0.6 is 0 Å². The second-order valence-corrected chi connectivity index (χ2v) is 5.24. The number of aromatic nitrogens is 1. The van der Waals surface area contributed by atoms with Gasteiger partial charge in [-0.3, -0.25) is 0 Å². The molecule has 19 heavy (non-hydrogen) atoms. The Bertz CT molecular complexity index is 501. The Balaban J connectivity index is 1.89. The lowest BCUT2D eigenvalue weighted by Crippen LogP contribution is -1.86. The van der Waals surface area contributed by atoms with Crippen LogP contribution in [0.25, 0.3) is 10.9 Å². The molecule has 2 nitrogen and oxygen atoms in total. The number of H-pyrrole nitrogens is 1. The van der Waals surface area contributed by atoms with Crippen molar-refractivity contribution in [3.8, 4) is 5.75 Å². The zero-order valence-corrected chi connectivity index (χ0v) is 12.2. The van der Waals surface area contributed by atoms with Crippen molar-refractivity contribution in [1.82, 2.24) is 4.98 Å². The summed E-state index contributed by atoms with van der Waals surface area (Å²) >= 11 is 0. The first-order chi connectivity index (χ1) is 9.35. The molecule has 104 valence electrons.